The number of rotatable bonds is 5. The van der Waals surface area contributed by atoms with E-state index in [1.807, 2.05) is 49.5 Å². The van der Waals surface area contributed by atoms with Gasteiger partial charge in [0.15, 0.2) is 0 Å². The zero-order valence-corrected chi connectivity index (χ0v) is 13.3. The normalized spacial score (nSPS) is 10.4. The van der Waals surface area contributed by atoms with Crippen LogP contribution in [0.25, 0.3) is 11.1 Å². The summed E-state index contributed by atoms with van der Waals surface area (Å²) in [6.45, 7) is 0.583. The summed E-state index contributed by atoms with van der Waals surface area (Å²) in [5, 5.41) is 0. The monoisotopic (exact) mass is 298 g/mol. The molecule has 116 valence electrons. The van der Waals surface area contributed by atoms with Crippen molar-refractivity contribution in [3.05, 3.63) is 48.2 Å². The van der Waals surface area contributed by atoms with Crippen LogP contribution in [0.3, 0.4) is 0 Å². The van der Waals surface area contributed by atoms with Crippen molar-refractivity contribution in [1.29, 1.82) is 0 Å². The number of carbonyl (C=O) groups excluding carboxylic acids is 1. The predicted octanol–water partition coefficient (Wildman–Crippen LogP) is 1.73. The van der Waals surface area contributed by atoms with Crippen molar-refractivity contribution < 1.29 is 4.79 Å². The average Bonchev–Trinajstić information content (AvgIpc) is 2.54. The number of nitrogens with two attached hydrogens (primary N) is 1. The third kappa shape index (κ3) is 3.83. The molecule has 0 fully saturated rings. The van der Waals surface area contributed by atoms with Gasteiger partial charge in [-0.05, 0) is 29.3 Å². The van der Waals surface area contributed by atoms with Gasteiger partial charge in [0.25, 0.3) is 0 Å². The van der Waals surface area contributed by atoms with Crippen LogP contribution < -0.4 is 10.6 Å². The van der Waals surface area contributed by atoms with Crippen LogP contribution in [0, 0.1) is 0 Å². The first-order chi connectivity index (χ1) is 10.5. The van der Waals surface area contributed by atoms with Crippen LogP contribution in [-0.2, 0) is 11.3 Å². The SMILES string of the molecule is CN(Cc1cccc(-c2ccc(N(C)C)nc2)c1)C(=O)CN. The van der Waals surface area contributed by atoms with Gasteiger partial charge in [-0.25, -0.2) is 4.98 Å². The Morgan fingerprint density at radius 1 is 1.14 bits per heavy atom. The van der Waals surface area contributed by atoms with E-state index in [0.29, 0.717) is 6.54 Å². The molecule has 1 aromatic carbocycles. The number of hydrogen-bond donors (Lipinski definition) is 1. The summed E-state index contributed by atoms with van der Waals surface area (Å²) in [4.78, 5) is 19.6. The molecular weight excluding hydrogens is 276 g/mol. The second-order valence-corrected chi connectivity index (χ2v) is 5.45. The molecule has 0 radical (unpaired) electrons. The van der Waals surface area contributed by atoms with E-state index in [1.165, 1.54) is 0 Å². The van der Waals surface area contributed by atoms with Gasteiger partial charge in [0, 0.05) is 39.4 Å². The maximum Gasteiger partial charge on any atom is 0.236 e. The molecule has 0 bridgehead atoms. The molecule has 0 saturated carbocycles. The molecular formula is C17H22N4O. The second-order valence-electron chi connectivity index (χ2n) is 5.45. The number of anilines is 1. The Hall–Kier alpha value is -2.40. The molecule has 2 aromatic rings. The van der Waals surface area contributed by atoms with E-state index < -0.39 is 0 Å². The van der Waals surface area contributed by atoms with Gasteiger partial charge in [0.05, 0.1) is 6.54 Å². The number of carbonyl (C=O) groups is 1. The van der Waals surface area contributed by atoms with Gasteiger partial charge in [-0.1, -0.05) is 18.2 Å². The van der Waals surface area contributed by atoms with Crippen molar-refractivity contribution in [2.24, 2.45) is 5.73 Å². The van der Waals surface area contributed by atoms with Gasteiger partial charge in [0.1, 0.15) is 5.82 Å². The second kappa shape index (κ2) is 7.04. The van der Waals surface area contributed by atoms with Gasteiger partial charge in [-0.3, -0.25) is 4.79 Å². The van der Waals surface area contributed by atoms with Crippen molar-refractivity contribution in [3.8, 4) is 11.1 Å². The molecule has 0 unspecified atom stereocenters. The van der Waals surface area contributed by atoms with Crippen LogP contribution in [0.5, 0.6) is 0 Å². The lowest BCUT2D eigenvalue weighted by atomic mass is 10.0. The van der Waals surface area contributed by atoms with Crippen LogP contribution in [0.1, 0.15) is 5.56 Å². The summed E-state index contributed by atoms with van der Waals surface area (Å²) in [6, 6.07) is 12.2. The molecule has 0 spiro atoms. The number of aromatic nitrogens is 1. The molecule has 1 amide bonds. The highest BCUT2D eigenvalue weighted by atomic mass is 16.2. The summed E-state index contributed by atoms with van der Waals surface area (Å²) in [5.41, 5.74) is 8.59. The summed E-state index contributed by atoms with van der Waals surface area (Å²) in [5.74, 6) is 0.857. The molecule has 5 nitrogen and oxygen atoms in total. The molecule has 0 aliphatic rings. The fraction of sp³-hybridized carbons (Fsp3) is 0.294. The average molecular weight is 298 g/mol. The topological polar surface area (TPSA) is 62.5 Å². The number of pyridine rings is 1. The van der Waals surface area contributed by atoms with Crippen LogP contribution >= 0.6 is 0 Å². The summed E-state index contributed by atoms with van der Waals surface area (Å²) < 4.78 is 0. The molecule has 0 aliphatic heterocycles. The van der Waals surface area contributed by atoms with E-state index in [2.05, 4.69) is 17.1 Å². The molecule has 0 aliphatic carbocycles. The lowest BCUT2D eigenvalue weighted by Gasteiger charge is -2.17. The fourth-order valence-corrected chi connectivity index (χ4v) is 2.19. The molecule has 0 atom stereocenters. The largest absolute Gasteiger partial charge is 0.363 e. The lowest BCUT2D eigenvalue weighted by molar-refractivity contribution is -0.128. The first-order valence-corrected chi connectivity index (χ1v) is 7.18. The Labute approximate surface area is 131 Å². The van der Waals surface area contributed by atoms with Crippen molar-refractivity contribution in [2.75, 3.05) is 32.6 Å². The van der Waals surface area contributed by atoms with Crippen LogP contribution in [-0.4, -0.2) is 43.5 Å². The molecule has 2 rings (SSSR count). The predicted molar refractivity (Wildman–Crippen MR) is 89.5 cm³/mol. The molecule has 22 heavy (non-hydrogen) atoms. The standard InChI is InChI=1S/C17H22N4O/c1-20(2)16-8-7-15(11-19-16)14-6-4-5-13(9-14)12-21(3)17(22)10-18/h4-9,11H,10,12,18H2,1-3H3. The van der Waals surface area contributed by atoms with E-state index in [4.69, 9.17) is 5.73 Å². The third-order valence-electron chi connectivity index (χ3n) is 3.49. The van der Waals surface area contributed by atoms with Gasteiger partial charge in [-0.2, -0.15) is 0 Å². The Morgan fingerprint density at radius 2 is 1.91 bits per heavy atom. The zero-order valence-electron chi connectivity index (χ0n) is 13.3. The van der Waals surface area contributed by atoms with E-state index in [-0.39, 0.29) is 12.5 Å². The maximum absolute atomic E-state index is 11.6. The molecule has 5 heteroatoms. The highest BCUT2D eigenvalue weighted by Gasteiger charge is 2.08. The summed E-state index contributed by atoms with van der Waals surface area (Å²) >= 11 is 0. The molecule has 1 heterocycles. The molecule has 2 N–H and O–H groups in total. The Bertz CT molecular complexity index is 637. The van der Waals surface area contributed by atoms with E-state index in [0.717, 1.165) is 22.5 Å². The first-order valence-electron chi connectivity index (χ1n) is 7.18. The lowest BCUT2D eigenvalue weighted by Crippen LogP contribution is -2.32. The van der Waals surface area contributed by atoms with Crippen molar-refractivity contribution in [1.82, 2.24) is 9.88 Å². The van der Waals surface area contributed by atoms with Crippen LogP contribution in [0.15, 0.2) is 42.6 Å². The quantitative estimate of drug-likeness (QED) is 0.913. The fourth-order valence-electron chi connectivity index (χ4n) is 2.19. The third-order valence-corrected chi connectivity index (χ3v) is 3.49. The smallest absolute Gasteiger partial charge is 0.236 e. The Kier molecular flexibility index (Phi) is 5.12. The highest BCUT2D eigenvalue weighted by molar-refractivity contribution is 5.77. The van der Waals surface area contributed by atoms with E-state index >= 15 is 0 Å². The number of benzene rings is 1. The first kappa shape index (κ1) is 16.0. The minimum absolute atomic E-state index is 0.0338. The van der Waals surface area contributed by atoms with E-state index in [1.54, 1.807) is 11.9 Å². The minimum Gasteiger partial charge on any atom is -0.363 e. The Morgan fingerprint density at radius 3 is 2.50 bits per heavy atom. The van der Waals surface area contributed by atoms with Gasteiger partial charge >= 0.3 is 0 Å². The summed E-state index contributed by atoms with van der Waals surface area (Å²) in [7, 11) is 5.69. The van der Waals surface area contributed by atoms with Crippen LogP contribution in [0.2, 0.25) is 0 Å². The molecule has 1 aromatic heterocycles. The zero-order chi connectivity index (χ0) is 16.1. The Balaban J connectivity index is 2.19. The van der Waals surface area contributed by atoms with Crippen molar-refractivity contribution >= 4 is 11.7 Å². The minimum atomic E-state index is -0.0672. The number of nitrogens with zero attached hydrogens (tertiary/aromatic N) is 3. The number of likely N-dealkylation sites (N-methyl/N-ethyl adjacent to an activating group) is 1. The van der Waals surface area contributed by atoms with Crippen molar-refractivity contribution in [2.45, 2.75) is 6.54 Å². The maximum atomic E-state index is 11.6. The highest BCUT2D eigenvalue weighted by Crippen LogP contribution is 2.22. The van der Waals surface area contributed by atoms with Gasteiger partial charge in [0.2, 0.25) is 5.91 Å². The van der Waals surface area contributed by atoms with Gasteiger partial charge in [-0.15, -0.1) is 0 Å². The number of hydrogen-bond acceptors (Lipinski definition) is 4. The van der Waals surface area contributed by atoms with Gasteiger partial charge < -0.3 is 15.5 Å². The number of amides is 1. The van der Waals surface area contributed by atoms with Crippen LogP contribution in [0.4, 0.5) is 5.82 Å². The molecule has 0 saturated heterocycles. The van der Waals surface area contributed by atoms with Crippen molar-refractivity contribution in [3.63, 3.8) is 0 Å². The van der Waals surface area contributed by atoms with E-state index in [9.17, 15) is 4.79 Å². The summed E-state index contributed by atoms with van der Waals surface area (Å²) in [6.07, 6.45) is 1.86.